The van der Waals surface area contributed by atoms with Gasteiger partial charge in [0.15, 0.2) is 0 Å². The number of hydrogen-bond donors (Lipinski definition) is 1. The summed E-state index contributed by atoms with van der Waals surface area (Å²) in [5.74, 6) is -0.0877. The molecule has 1 fully saturated rings. The summed E-state index contributed by atoms with van der Waals surface area (Å²) in [6.45, 7) is 7.43. The summed E-state index contributed by atoms with van der Waals surface area (Å²) in [6, 6.07) is 7.81. The second kappa shape index (κ2) is 6.30. The highest BCUT2D eigenvalue weighted by Crippen LogP contribution is 2.24. The zero-order valence-corrected chi connectivity index (χ0v) is 11.3. The Morgan fingerprint density at radius 2 is 2.22 bits per heavy atom. The Morgan fingerprint density at radius 1 is 1.44 bits per heavy atom. The maximum Gasteiger partial charge on any atom is 0.127 e. The van der Waals surface area contributed by atoms with Crippen LogP contribution < -0.4 is 5.32 Å². The maximum absolute atomic E-state index is 13.8. The van der Waals surface area contributed by atoms with Crippen LogP contribution in [0.15, 0.2) is 24.3 Å². The predicted octanol–water partition coefficient (Wildman–Crippen LogP) is 2.96. The third-order valence-corrected chi connectivity index (χ3v) is 3.91. The van der Waals surface area contributed by atoms with Crippen LogP contribution in [0.3, 0.4) is 0 Å². The highest BCUT2D eigenvalue weighted by atomic mass is 19.1. The number of rotatable bonds is 3. The Morgan fingerprint density at radius 3 is 2.94 bits per heavy atom. The number of hydrogen-bond acceptors (Lipinski definition) is 2. The molecular weight excluding hydrogens is 227 g/mol. The van der Waals surface area contributed by atoms with Crippen molar-refractivity contribution in [2.45, 2.75) is 38.8 Å². The van der Waals surface area contributed by atoms with Crippen molar-refractivity contribution in [1.82, 2.24) is 10.2 Å². The monoisotopic (exact) mass is 250 g/mol. The van der Waals surface area contributed by atoms with Crippen LogP contribution in [0.2, 0.25) is 0 Å². The zero-order valence-electron chi connectivity index (χ0n) is 11.3. The molecule has 2 nitrogen and oxygen atoms in total. The van der Waals surface area contributed by atoms with Gasteiger partial charge in [0, 0.05) is 30.7 Å². The van der Waals surface area contributed by atoms with Crippen molar-refractivity contribution in [1.29, 1.82) is 0 Å². The summed E-state index contributed by atoms with van der Waals surface area (Å²) < 4.78 is 13.8. The first kappa shape index (κ1) is 13.5. The van der Waals surface area contributed by atoms with Gasteiger partial charge >= 0.3 is 0 Å². The molecule has 2 atom stereocenters. The quantitative estimate of drug-likeness (QED) is 0.887. The molecule has 0 amide bonds. The molecule has 100 valence electrons. The van der Waals surface area contributed by atoms with Gasteiger partial charge in [0.1, 0.15) is 5.82 Å². The van der Waals surface area contributed by atoms with E-state index >= 15 is 0 Å². The Kier molecular flexibility index (Phi) is 4.72. The third kappa shape index (κ3) is 3.09. The van der Waals surface area contributed by atoms with Crippen molar-refractivity contribution in [2.75, 3.05) is 19.6 Å². The summed E-state index contributed by atoms with van der Waals surface area (Å²) in [4.78, 5) is 2.40. The van der Waals surface area contributed by atoms with Gasteiger partial charge in [0.25, 0.3) is 0 Å². The molecule has 0 radical (unpaired) electrons. The van der Waals surface area contributed by atoms with E-state index in [2.05, 4.69) is 24.1 Å². The number of halogens is 1. The number of nitrogens with one attached hydrogen (secondary N) is 1. The SMILES string of the molecule is CCC1CN(C(C)c2ccccc2F)CCCN1. The molecule has 1 heterocycles. The van der Waals surface area contributed by atoms with Crippen molar-refractivity contribution in [3.8, 4) is 0 Å². The molecule has 2 unspecified atom stereocenters. The van der Waals surface area contributed by atoms with Crippen LogP contribution in [0.25, 0.3) is 0 Å². The summed E-state index contributed by atoms with van der Waals surface area (Å²) in [7, 11) is 0. The van der Waals surface area contributed by atoms with Gasteiger partial charge in [-0.15, -0.1) is 0 Å². The highest BCUT2D eigenvalue weighted by molar-refractivity contribution is 5.20. The second-order valence-corrected chi connectivity index (χ2v) is 5.11. The van der Waals surface area contributed by atoms with E-state index in [-0.39, 0.29) is 11.9 Å². The van der Waals surface area contributed by atoms with Crippen molar-refractivity contribution in [3.63, 3.8) is 0 Å². The lowest BCUT2D eigenvalue weighted by atomic mass is 10.1. The van der Waals surface area contributed by atoms with E-state index in [1.165, 1.54) is 0 Å². The summed E-state index contributed by atoms with van der Waals surface area (Å²) in [6.07, 6.45) is 2.26. The summed E-state index contributed by atoms with van der Waals surface area (Å²) in [5, 5.41) is 3.55. The Labute approximate surface area is 109 Å². The fraction of sp³-hybridized carbons (Fsp3) is 0.600. The van der Waals surface area contributed by atoms with Gasteiger partial charge < -0.3 is 5.32 Å². The van der Waals surface area contributed by atoms with Crippen LogP contribution in [-0.4, -0.2) is 30.6 Å². The van der Waals surface area contributed by atoms with E-state index in [9.17, 15) is 4.39 Å². The van der Waals surface area contributed by atoms with Gasteiger partial charge in [-0.3, -0.25) is 4.90 Å². The molecule has 1 aliphatic rings. The van der Waals surface area contributed by atoms with E-state index in [1.807, 2.05) is 12.1 Å². The van der Waals surface area contributed by atoms with Crippen molar-refractivity contribution >= 4 is 0 Å². The fourth-order valence-corrected chi connectivity index (χ4v) is 2.66. The second-order valence-electron chi connectivity index (χ2n) is 5.11. The standard InChI is InChI=1S/C15H23FN2/c1-3-13-11-18(10-6-9-17-13)12(2)14-7-4-5-8-15(14)16/h4-5,7-8,12-13,17H,3,6,9-11H2,1-2H3. The average Bonchev–Trinajstić information content (AvgIpc) is 2.64. The third-order valence-electron chi connectivity index (χ3n) is 3.91. The minimum absolute atomic E-state index is 0.0877. The number of benzene rings is 1. The Bertz CT molecular complexity index is 381. The first-order valence-corrected chi connectivity index (χ1v) is 6.94. The van der Waals surface area contributed by atoms with Crippen LogP contribution >= 0.6 is 0 Å². The zero-order chi connectivity index (χ0) is 13.0. The summed E-state index contributed by atoms with van der Waals surface area (Å²) >= 11 is 0. The largest absolute Gasteiger partial charge is 0.313 e. The topological polar surface area (TPSA) is 15.3 Å². The lowest BCUT2D eigenvalue weighted by molar-refractivity contribution is 0.201. The Balaban J connectivity index is 2.12. The molecule has 2 rings (SSSR count). The first-order chi connectivity index (χ1) is 8.72. The Hall–Kier alpha value is -0.930. The van der Waals surface area contributed by atoms with Crippen LogP contribution in [0.1, 0.15) is 38.3 Å². The van der Waals surface area contributed by atoms with Gasteiger partial charge in [-0.05, 0) is 32.4 Å². The van der Waals surface area contributed by atoms with Gasteiger partial charge in [0.05, 0.1) is 0 Å². The van der Waals surface area contributed by atoms with Gasteiger partial charge in [-0.25, -0.2) is 4.39 Å². The van der Waals surface area contributed by atoms with Gasteiger partial charge in [0.2, 0.25) is 0 Å². The van der Waals surface area contributed by atoms with Crippen LogP contribution in [0.5, 0.6) is 0 Å². The molecule has 1 aromatic rings. The molecule has 0 spiro atoms. The van der Waals surface area contributed by atoms with Crippen molar-refractivity contribution in [2.24, 2.45) is 0 Å². The summed E-state index contributed by atoms with van der Waals surface area (Å²) in [5.41, 5.74) is 0.814. The van der Waals surface area contributed by atoms with E-state index < -0.39 is 0 Å². The molecular formula is C15H23FN2. The van der Waals surface area contributed by atoms with Crippen LogP contribution in [-0.2, 0) is 0 Å². The molecule has 3 heteroatoms. The molecule has 0 saturated carbocycles. The minimum atomic E-state index is -0.0877. The first-order valence-electron chi connectivity index (χ1n) is 6.94. The molecule has 1 aromatic carbocycles. The van der Waals surface area contributed by atoms with Crippen LogP contribution in [0, 0.1) is 5.82 Å². The van der Waals surface area contributed by atoms with E-state index in [0.29, 0.717) is 6.04 Å². The average molecular weight is 250 g/mol. The van der Waals surface area contributed by atoms with Gasteiger partial charge in [-0.2, -0.15) is 0 Å². The van der Waals surface area contributed by atoms with E-state index in [4.69, 9.17) is 0 Å². The van der Waals surface area contributed by atoms with Crippen molar-refractivity contribution < 1.29 is 4.39 Å². The van der Waals surface area contributed by atoms with E-state index in [1.54, 1.807) is 12.1 Å². The molecule has 1 N–H and O–H groups in total. The maximum atomic E-state index is 13.8. The molecule has 0 aliphatic carbocycles. The highest BCUT2D eigenvalue weighted by Gasteiger charge is 2.23. The number of nitrogens with zero attached hydrogens (tertiary/aromatic N) is 1. The van der Waals surface area contributed by atoms with Crippen molar-refractivity contribution in [3.05, 3.63) is 35.6 Å². The molecule has 0 bridgehead atoms. The lowest BCUT2D eigenvalue weighted by Gasteiger charge is -2.30. The fourth-order valence-electron chi connectivity index (χ4n) is 2.66. The van der Waals surface area contributed by atoms with E-state index in [0.717, 1.165) is 38.0 Å². The molecule has 0 aromatic heterocycles. The molecule has 1 saturated heterocycles. The molecule has 18 heavy (non-hydrogen) atoms. The van der Waals surface area contributed by atoms with Crippen LogP contribution in [0.4, 0.5) is 4.39 Å². The predicted molar refractivity (Wildman–Crippen MR) is 73.1 cm³/mol. The minimum Gasteiger partial charge on any atom is -0.313 e. The normalized spacial score (nSPS) is 23.6. The smallest absolute Gasteiger partial charge is 0.127 e. The molecule has 1 aliphatic heterocycles. The van der Waals surface area contributed by atoms with Gasteiger partial charge in [-0.1, -0.05) is 25.1 Å². The lowest BCUT2D eigenvalue weighted by Crippen LogP contribution is -2.38.